The van der Waals surface area contributed by atoms with Crippen molar-refractivity contribution in [2.45, 2.75) is 30.8 Å². The first-order chi connectivity index (χ1) is 7.11. The molecule has 1 aliphatic carbocycles. The average molecular weight is 211 g/mol. The number of aliphatic hydroxyl groups excluding tert-OH is 3. The Morgan fingerprint density at radius 3 is 2.47 bits per heavy atom. The zero-order valence-corrected chi connectivity index (χ0v) is 8.02. The molecule has 15 heavy (non-hydrogen) atoms. The summed E-state index contributed by atoms with van der Waals surface area (Å²) in [4.78, 5) is 11.5. The molecule has 0 saturated heterocycles. The highest BCUT2D eigenvalue weighted by molar-refractivity contribution is 5.01. The highest BCUT2D eigenvalue weighted by Crippen LogP contribution is 2.29. The monoisotopic (exact) mass is 211 g/mol. The van der Waals surface area contributed by atoms with Crippen LogP contribution in [0.25, 0.3) is 0 Å². The number of aromatic nitrogens is 1. The predicted molar refractivity (Wildman–Crippen MR) is 52.4 cm³/mol. The Hall–Kier alpha value is -1.17. The van der Waals surface area contributed by atoms with Gasteiger partial charge in [0.15, 0.2) is 0 Å². The Balaban J connectivity index is 2.34. The molecule has 1 heterocycles. The van der Waals surface area contributed by atoms with Crippen molar-refractivity contribution in [3.8, 4) is 0 Å². The van der Waals surface area contributed by atoms with Crippen molar-refractivity contribution in [2.24, 2.45) is 0 Å². The van der Waals surface area contributed by atoms with E-state index in [9.17, 15) is 20.1 Å². The van der Waals surface area contributed by atoms with Crippen molar-refractivity contribution in [3.63, 3.8) is 0 Å². The van der Waals surface area contributed by atoms with Crippen molar-refractivity contribution >= 4 is 0 Å². The van der Waals surface area contributed by atoms with Crippen molar-refractivity contribution in [1.82, 2.24) is 4.57 Å². The summed E-state index contributed by atoms with van der Waals surface area (Å²) in [6, 6.07) is 4.10. The largest absolute Gasteiger partial charge is 0.390 e. The first-order valence-corrected chi connectivity index (χ1v) is 4.82. The molecular weight excluding hydrogens is 198 g/mol. The number of nitrogens with zero attached hydrogens (tertiary/aromatic N) is 1. The lowest BCUT2D eigenvalue weighted by atomic mass is 10.2. The minimum absolute atomic E-state index is 0.187. The lowest BCUT2D eigenvalue weighted by Crippen LogP contribution is -2.34. The van der Waals surface area contributed by atoms with E-state index in [0.717, 1.165) is 0 Å². The van der Waals surface area contributed by atoms with E-state index in [2.05, 4.69) is 0 Å². The summed E-state index contributed by atoms with van der Waals surface area (Å²) >= 11 is 0. The fraction of sp³-hybridized carbons (Fsp3) is 0.500. The highest BCUT2D eigenvalue weighted by Gasteiger charge is 2.41. The number of hydrogen-bond donors (Lipinski definition) is 3. The van der Waals surface area contributed by atoms with Gasteiger partial charge in [-0.15, -0.1) is 0 Å². The molecule has 5 nitrogen and oxygen atoms in total. The fourth-order valence-corrected chi connectivity index (χ4v) is 1.97. The molecule has 1 aliphatic rings. The van der Waals surface area contributed by atoms with Gasteiger partial charge in [0.2, 0.25) is 0 Å². The molecule has 1 saturated carbocycles. The van der Waals surface area contributed by atoms with Crippen LogP contribution in [0.3, 0.4) is 0 Å². The average Bonchev–Trinajstić information content (AvgIpc) is 2.47. The second-order valence-electron chi connectivity index (χ2n) is 3.80. The number of aliphatic hydroxyl groups is 3. The number of hydrogen-bond acceptors (Lipinski definition) is 4. The quantitative estimate of drug-likeness (QED) is 0.549. The third kappa shape index (κ3) is 1.69. The molecule has 1 aromatic rings. The van der Waals surface area contributed by atoms with Crippen molar-refractivity contribution in [1.29, 1.82) is 0 Å². The lowest BCUT2D eigenvalue weighted by molar-refractivity contribution is -0.0249. The number of rotatable bonds is 1. The van der Waals surface area contributed by atoms with E-state index in [1.807, 2.05) is 0 Å². The summed E-state index contributed by atoms with van der Waals surface area (Å²) in [5.41, 5.74) is -0.247. The van der Waals surface area contributed by atoms with Gasteiger partial charge in [-0.25, -0.2) is 0 Å². The summed E-state index contributed by atoms with van der Waals surface area (Å²) < 4.78 is 1.34. The number of pyridine rings is 1. The van der Waals surface area contributed by atoms with E-state index in [-0.39, 0.29) is 12.0 Å². The molecule has 4 atom stereocenters. The SMILES string of the molecule is O=c1ccccn1C1CC(O)C(O)C1O. The smallest absolute Gasteiger partial charge is 0.250 e. The second-order valence-corrected chi connectivity index (χ2v) is 3.80. The van der Waals surface area contributed by atoms with Crippen LogP contribution in [-0.4, -0.2) is 38.2 Å². The molecule has 2 rings (SSSR count). The normalized spacial score (nSPS) is 35.7. The minimum atomic E-state index is -1.18. The Labute approximate surface area is 86.2 Å². The molecule has 4 unspecified atom stereocenters. The van der Waals surface area contributed by atoms with Gasteiger partial charge in [0, 0.05) is 12.3 Å². The standard InChI is InChI=1S/C10H13NO4/c12-7-5-6(9(14)10(7)15)11-4-2-1-3-8(11)13/h1-4,6-7,9-10,12,14-15H,5H2. The zero-order chi connectivity index (χ0) is 11.0. The van der Waals surface area contributed by atoms with Crippen molar-refractivity contribution < 1.29 is 15.3 Å². The fourth-order valence-electron chi connectivity index (χ4n) is 1.97. The van der Waals surface area contributed by atoms with Gasteiger partial charge in [-0.05, 0) is 12.5 Å². The van der Waals surface area contributed by atoms with Gasteiger partial charge in [-0.1, -0.05) is 6.07 Å². The van der Waals surface area contributed by atoms with E-state index < -0.39 is 24.4 Å². The third-order valence-corrected chi connectivity index (χ3v) is 2.83. The highest BCUT2D eigenvalue weighted by atomic mass is 16.4. The first kappa shape index (κ1) is 10.4. The van der Waals surface area contributed by atoms with Gasteiger partial charge in [0.05, 0.1) is 12.1 Å². The van der Waals surface area contributed by atoms with E-state index in [0.29, 0.717) is 0 Å². The van der Waals surface area contributed by atoms with Crippen LogP contribution < -0.4 is 5.56 Å². The first-order valence-electron chi connectivity index (χ1n) is 4.82. The van der Waals surface area contributed by atoms with Gasteiger partial charge in [0.1, 0.15) is 12.2 Å². The lowest BCUT2D eigenvalue weighted by Gasteiger charge is -2.18. The molecule has 5 heteroatoms. The summed E-state index contributed by atoms with van der Waals surface area (Å²) in [5.74, 6) is 0. The van der Waals surface area contributed by atoms with E-state index in [4.69, 9.17) is 0 Å². The molecule has 1 aromatic heterocycles. The van der Waals surface area contributed by atoms with Gasteiger partial charge in [-0.2, -0.15) is 0 Å². The second kappa shape index (κ2) is 3.77. The molecule has 3 N–H and O–H groups in total. The van der Waals surface area contributed by atoms with Crippen molar-refractivity contribution in [2.75, 3.05) is 0 Å². The van der Waals surface area contributed by atoms with Gasteiger partial charge in [0.25, 0.3) is 5.56 Å². The molecule has 1 fully saturated rings. The molecule has 82 valence electrons. The topological polar surface area (TPSA) is 82.7 Å². The Morgan fingerprint density at radius 1 is 1.20 bits per heavy atom. The minimum Gasteiger partial charge on any atom is -0.390 e. The maximum Gasteiger partial charge on any atom is 0.250 e. The molecular formula is C10H13NO4. The van der Waals surface area contributed by atoms with E-state index >= 15 is 0 Å². The summed E-state index contributed by atoms with van der Waals surface area (Å²) in [7, 11) is 0. The van der Waals surface area contributed by atoms with Crippen LogP contribution in [0.4, 0.5) is 0 Å². The molecule has 0 amide bonds. The Kier molecular flexibility index (Phi) is 2.60. The van der Waals surface area contributed by atoms with Crippen LogP contribution >= 0.6 is 0 Å². The van der Waals surface area contributed by atoms with E-state index in [1.54, 1.807) is 18.3 Å². The predicted octanol–water partition coefficient (Wildman–Crippen LogP) is -1.12. The Bertz CT molecular complexity index is 402. The van der Waals surface area contributed by atoms with Crippen LogP contribution in [0.5, 0.6) is 0 Å². The molecule has 0 radical (unpaired) electrons. The van der Waals surface area contributed by atoms with Gasteiger partial charge >= 0.3 is 0 Å². The Morgan fingerprint density at radius 2 is 1.93 bits per heavy atom. The molecule has 0 bridgehead atoms. The molecule has 0 aliphatic heterocycles. The maximum absolute atomic E-state index is 11.5. The van der Waals surface area contributed by atoms with Gasteiger partial charge in [-0.3, -0.25) is 4.79 Å². The van der Waals surface area contributed by atoms with Gasteiger partial charge < -0.3 is 19.9 Å². The van der Waals surface area contributed by atoms with Crippen LogP contribution in [-0.2, 0) is 0 Å². The summed E-state index contributed by atoms with van der Waals surface area (Å²) in [5, 5.41) is 28.4. The maximum atomic E-state index is 11.5. The van der Waals surface area contributed by atoms with E-state index in [1.165, 1.54) is 10.6 Å². The molecule has 0 aromatic carbocycles. The van der Waals surface area contributed by atoms with Crippen LogP contribution in [0.2, 0.25) is 0 Å². The van der Waals surface area contributed by atoms with Crippen LogP contribution in [0, 0.1) is 0 Å². The third-order valence-electron chi connectivity index (χ3n) is 2.83. The molecule has 0 spiro atoms. The summed E-state index contributed by atoms with van der Waals surface area (Å²) in [6.45, 7) is 0. The summed E-state index contributed by atoms with van der Waals surface area (Å²) in [6.07, 6.45) is -1.52. The zero-order valence-electron chi connectivity index (χ0n) is 8.02. The van der Waals surface area contributed by atoms with Crippen LogP contribution in [0.15, 0.2) is 29.2 Å². The van der Waals surface area contributed by atoms with Crippen molar-refractivity contribution in [3.05, 3.63) is 34.7 Å². The van der Waals surface area contributed by atoms with Crippen LogP contribution in [0.1, 0.15) is 12.5 Å².